The highest BCUT2D eigenvalue weighted by Gasteiger charge is 1.90. The molecular formula is C10H18N4O. The second-order valence-corrected chi connectivity index (χ2v) is 3.33. The molecule has 0 unspecified atom stereocenters. The highest BCUT2D eigenvalue weighted by molar-refractivity contribution is 5.05. The van der Waals surface area contributed by atoms with E-state index in [1.54, 1.807) is 12.3 Å². The predicted molar refractivity (Wildman–Crippen MR) is 58.7 cm³/mol. The Hall–Kier alpha value is -1.33. The van der Waals surface area contributed by atoms with Crippen molar-refractivity contribution in [1.29, 1.82) is 0 Å². The van der Waals surface area contributed by atoms with Crippen molar-refractivity contribution in [3.63, 3.8) is 0 Å². The number of aryl methyl sites for hydroxylation is 1. The quantitative estimate of drug-likeness (QED) is 0.452. The van der Waals surface area contributed by atoms with Gasteiger partial charge in [0.2, 0.25) is 0 Å². The van der Waals surface area contributed by atoms with Gasteiger partial charge in [-0.25, -0.2) is 0 Å². The Labute approximate surface area is 89.2 Å². The Morgan fingerprint density at radius 1 is 1.47 bits per heavy atom. The van der Waals surface area contributed by atoms with Gasteiger partial charge < -0.3 is 16.3 Å². The Balaban J connectivity index is 2.51. The summed E-state index contributed by atoms with van der Waals surface area (Å²) in [6, 6.07) is 3.71. The summed E-state index contributed by atoms with van der Waals surface area (Å²) in [6.45, 7) is 4.74. The van der Waals surface area contributed by atoms with Gasteiger partial charge in [-0.3, -0.25) is 4.99 Å². The predicted octanol–water partition coefficient (Wildman–Crippen LogP) is -0.517. The molecule has 4 N–H and O–H groups in total. The van der Waals surface area contributed by atoms with Gasteiger partial charge in [0, 0.05) is 25.8 Å². The minimum absolute atomic E-state index is 0.565. The fraction of sp³-hybridized carbons (Fsp3) is 0.500. The second kappa shape index (κ2) is 6.21. The maximum absolute atomic E-state index is 9.48. The number of rotatable bonds is 5. The lowest BCUT2D eigenvalue weighted by Crippen LogP contribution is -2.26. The third-order valence-electron chi connectivity index (χ3n) is 1.94. The molecule has 0 bridgehead atoms. The minimum atomic E-state index is 0.565. The maximum atomic E-state index is 9.48. The van der Waals surface area contributed by atoms with Crippen LogP contribution >= 0.6 is 0 Å². The molecule has 15 heavy (non-hydrogen) atoms. The maximum Gasteiger partial charge on any atom is 0.163 e. The standard InChI is InChI=1S/C10H18N4O/c1-9-2-3-10(14(15)8-9)13-7-6-12-5-4-11/h2-3,8,12,15H,4-7,11H2,1H3. The van der Waals surface area contributed by atoms with Crippen LogP contribution in [0.2, 0.25) is 0 Å². The van der Waals surface area contributed by atoms with E-state index in [4.69, 9.17) is 5.73 Å². The topological polar surface area (TPSA) is 75.6 Å². The summed E-state index contributed by atoms with van der Waals surface area (Å²) in [6.07, 6.45) is 1.63. The highest BCUT2D eigenvalue weighted by Crippen LogP contribution is 1.88. The van der Waals surface area contributed by atoms with Crippen LogP contribution in [0.3, 0.4) is 0 Å². The molecule has 0 radical (unpaired) electrons. The van der Waals surface area contributed by atoms with Gasteiger partial charge in [-0.15, -0.1) is 0 Å². The van der Waals surface area contributed by atoms with E-state index >= 15 is 0 Å². The first-order valence-corrected chi connectivity index (χ1v) is 5.04. The van der Waals surface area contributed by atoms with Gasteiger partial charge in [-0.2, -0.15) is 4.73 Å². The van der Waals surface area contributed by atoms with Crippen molar-refractivity contribution in [2.75, 3.05) is 26.2 Å². The molecule has 5 heteroatoms. The summed E-state index contributed by atoms with van der Waals surface area (Å²) in [5.74, 6) is 0. The zero-order chi connectivity index (χ0) is 11.1. The van der Waals surface area contributed by atoms with E-state index in [2.05, 4.69) is 10.3 Å². The van der Waals surface area contributed by atoms with Gasteiger partial charge in [0.1, 0.15) is 0 Å². The summed E-state index contributed by atoms with van der Waals surface area (Å²) in [4.78, 5) is 4.23. The molecular weight excluding hydrogens is 192 g/mol. The summed E-state index contributed by atoms with van der Waals surface area (Å²) in [5.41, 5.74) is 6.89. The van der Waals surface area contributed by atoms with E-state index in [1.807, 2.05) is 13.0 Å². The van der Waals surface area contributed by atoms with Crippen molar-refractivity contribution in [3.8, 4) is 0 Å². The van der Waals surface area contributed by atoms with Gasteiger partial charge in [0.25, 0.3) is 0 Å². The van der Waals surface area contributed by atoms with Crippen molar-refractivity contribution in [3.05, 3.63) is 29.4 Å². The average Bonchev–Trinajstić information content (AvgIpc) is 2.20. The molecule has 0 spiro atoms. The van der Waals surface area contributed by atoms with E-state index in [-0.39, 0.29) is 0 Å². The molecule has 0 amide bonds. The Kier molecular flexibility index (Phi) is 4.86. The van der Waals surface area contributed by atoms with Crippen LogP contribution in [0.1, 0.15) is 5.56 Å². The number of hydrogen-bond donors (Lipinski definition) is 3. The number of nitrogens with two attached hydrogens (primary N) is 1. The number of pyridine rings is 1. The first-order chi connectivity index (χ1) is 7.24. The molecule has 1 aromatic heterocycles. The molecule has 5 nitrogen and oxygen atoms in total. The van der Waals surface area contributed by atoms with E-state index in [0.717, 1.165) is 23.4 Å². The van der Waals surface area contributed by atoms with Crippen LogP contribution in [-0.2, 0) is 0 Å². The Bertz CT molecular complexity index is 359. The van der Waals surface area contributed by atoms with Crippen LogP contribution in [0.15, 0.2) is 23.3 Å². The first kappa shape index (κ1) is 11.7. The number of hydrogen-bond acceptors (Lipinski definition) is 4. The van der Waals surface area contributed by atoms with Gasteiger partial charge >= 0.3 is 0 Å². The van der Waals surface area contributed by atoms with Crippen LogP contribution in [0.25, 0.3) is 0 Å². The average molecular weight is 210 g/mol. The van der Waals surface area contributed by atoms with Gasteiger partial charge in [-0.05, 0) is 18.6 Å². The van der Waals surface area contributed by atoms with Crippen molar-refractivity contribution < 1.29 is 5.21 Å². The fourth-order valence-corrected chi connectivity index (χ4v) is 1.19. The van der Waals surface area contributed by atoms with Crippen molar-refractivity contribution >= 4 is 0 Å². The minimum Gasteiger partial charge on any atom is -0.427 e. The molecule has 0 atom stereocenters. The normalized spacial score (nSPS) is 12.0. The monoisotopic (exact) mass is 210 g/mol. The number of nitrogens with zero attached hydrogens (tertiary/aromatic N) is 2. The molecule has 0 aliphatic rings. The zero-order valence-electron chi connectivity index (χ0n) is 8.98. The Morgan fingerprint density at radius 2 is 2.27 bits per heavy atom. The van der Waals surface area contributed by atoms with E-state index in [1.165, 1.54) is 0 Å². The summed E-state index contributed by atoms with van der Waals surface area (Å²) in [7, 11) is 0. The Morgan fingerprint density at radius 3 is 2.93 bits per heavy atom. The van der Waals surface area contributed by atoms with Crippen molar-refractivity contribution in [1.82, 2.24) is 10.0 Å². The number of nitrogens with one attached hydrogen (secondary N) is 1. The van der Waals surface area contributed by atoms with Gasteiger partial charge in [0.05, 0.1) is 6.54 Å². The largest absolute Gasteiger partial charge is 0.427 e. The third-order valence-corrected chi connectivity index (χ3v) is 1.94. The lowest BCUT2D eigenvalue weighted by Gasteiger charge is -2.01. The second-order valence-electron chi connectivity index (χ2n) is 3.33. The molecule has 0 aromatic carbocycles. The van der Waals surface area contributed by atoms with Crippen LogP contribution < -0.4 is 16.5 Å². The van der Waals surface area contributed by atoms with Crippen LogP contribution in [0, 0.1) is 6.92 Å². The zero-order valence-corrected chi connectivity index (χ0v) is 8.98. The van der Waals surface area contributed by atoms with Gasteiger partial charge in [0.15, 0.2) is 5.49 Å². The van der Waals surface area contributed by atoms with Gasteiger partial charge in [-0.1, -0.05) is 6.07 Å². The van der Waals surface area contributed by atoms with Crippen LogP contribution in [0.5, 0.6) is 0 Å². The molecule has 84 valence electrons. The molecule has 1 rings (SSSR count). The summed E-state index contributed by atoms with van der Waals surface area (Å²) < 4.78 is 1.04. The fourth-order valence-electron chi connectivity index (χ4n) is 1.19. The summed E-state index contributed by atoms with van der Waals surface area (Å²) >= 11 is 0. The molecule has 1 heterocycles. The van der Waals surface area contributed by atoms with Crippen molar-refractivity contribution in [2.45, 2.75) is 6.92 Å². The lowest BCUT2D eigenvalue weighted by molar-refractivity contribution is 0.171. The van der Waals surface area contributed by atoms with E-state index in [9.17, 15) is 5.21 Å². The van der Waals surface area contributed by atoms with Crippen LogP contribution in [0.4, 0.5) is 0 Å². The highest BCUT2D eigenvalue weighted by atomic mass is 16.5. The van der Waals surface area contributed by atoms with E-state index in [0.29, 0.717) is 18.6 Å². The van der Waals surface area contributed by atoms with Crippen LogP contribution in [-0.4, -0.2) is 36.1 Å². The first-order valence-electron chi connectivity index (χ1n) is 5.04. The smallest absolute Gasteiger partial charge is 0.163 e. The van der Waals surface area contributed by atoms with Crippen molar-refractivity contribution in [2.24, 2.45) is 10.7 Å². The lowest BCUT2D eigenvalue weighted by atomic mass is 10.3. The molecule has 0 aliphatic heterocycles. The number of aromatic nitrogens is 1. The third kappa shape index (κ3) is 4.14. The molecule has 0 saturated carbocycles. The summed E-state index contributed by atoms with van der Waals surface area (Å²) in [5, 5.41) is 12.6. The molecule has 0 saturated heterocycles. The SMILES string of the molecule is Cc1ccc(=NCCNCCN)n(O)c1. The molecule has 0 fully saturated rings. The molecule has 0 aliphatic carbocycles. The van der Waals surface area contributed by atoms with E-state index < -0.39 is 0 Å². The molecule has 1 aromatic rings.